The third kappa shape index (κ3) is 2.78. The lowest BCUT2D eigenvalue weighted by atomic mass is 10.1. The van der Waals surface area contributed by atoms with Crippen molar-refractivity contribution < 1.29 is 4.79 Å². The number of Topliss-reactive ketones (excluding diaryl/α,β-unsaturated/α-hetero) is 1. The summed E-state index contributed by atoms with van der Waals surface area (Å²) in [6.45, 7) is 2.70. The van der Waals surface area contributed by atoms with Crippen LogP contribution in [0.2, 0.25) is 0 Å². The van der Waals surface area contributed by atoms with E-state index in [9.17, 15) is 4.79 Å². The summed E-state index contributed by atoms with van der Waals surface area (Å²) in [5.41, 5.74) is 1.83. The van der Waals surface area contributed by atoms with Crippen LogP contribution in [0.3, 0.4) is 0 Å². The summed E-state index contributed by atoms with van der Waals surface area (Å²) in [7, 11) is 0. The van der Waals surface area contributed by atoms with Crippen LogP contribution in [0.1, 0.15) is 29.4 Å². The van der Waals surface area contributed by atoms with Crippen LogP contribution in [0.15, 0.2) is 36.8 Å². The molecule has 0 bridgehead atoms. The standard InChI is InChI=1S/C13H15N3O/c1-2-16-12(7-10-15-16)13(17)4-3-11-5-8-14-9-6-11/h5-10H,2-4H2,1H3. The first-order valence-corrected chi connectivity index (χ1v) is 5.75. The number of carbonyl (C=O) groups excluding carboxylic acids is 1. The minimum Gasteiger partial charge on any atom is -0.292 e. The molecule has 2 aromatic rings. The molecule has 0 radical (unpaired) electrons. The third-order valence-corrected chi connectivity index (χ3v) is 2.69. The summed E-state index contributed by atoms with van der Waals surface area (Å²) in [6.07, 6.45) is 6.42. The third-order valence-electron chi connectivity index (χ3n) is 2.69. The second-order valence-electron chi connectivity index (χ2n) is 3.81. The topological polar surface area (TPSA) is 47.8 Å². The van der Waals surface area contributed by atoms with Crippen molar-refractivity contribution in [3.63, 3.8) is 0 Å². The van der Waals surface area contributed by atoms with Crippen LogP contribution in [0.5, 0.6) is 0 Å². The zero-order valence-electron chi connectivity index (χ0n) is 9.84. The van der Waals surface area contributed by atoms with E-state index in [0.29, 0.717) is 12.1 Å². The summed E-state index contributed by atoms with van der Waals surface area (Å²) in [5.74, 6) is 0.140. The first-order valence-electron chi connectivity index (χ1n) is 5.75. The molecular formula is C13H15N3O. The van der Waals surface area contributed by atoms with Crippen LogP contribution in [0.4, 0.5) is 0 Å². The Hall–Kier alpha value is -1.97. The predicted octanol–water partition coefficient (Wildman–Crippen LogP) is 2.11. The average molecular weight is 229 g/mol. The molecular weight excluding hydrogens is 214 g/mol. The Morgan fingerprint density at radius 2 is 2.00 bits per heavy atom. The molecule has 0 saturated carbocycles. The van der Waals surface area contributed by atoms with E-state index in [-0.39, 0.29) is 5.78 Å². The number of hydrogen-bond acceptors (Lipinski definition) is 3. The van der Waals surface area contributed by atoms with Crippen LogP contribution < -0.4 is 0 Å². The number of carbonyl (C=O) groups is 1. The van der Waals surface area contributed by atoms with E-state index in [0.717, 1.165) is 18.5 Å². The van der Waals surface area contributed by atoms with Crippen molar-refractivity contribution in [3.8, 4) is 0 Å². The van der Waals surface area contributed by atoms with Crippen molar-refractivity contribution >= 4 is 5.78 Å². The first kappa shape index (κ1) is 11.5. The number of aryl methyl sites for hydroxylation is 2. The number of nitrogens with zero attached hydrogens (tertiary/aromatic N) is 3. The molecule has 0 N–H and O–H groups in total. The van der Waals surface area contributed by atoms with Crippen LogP contribution in [0, 0.1) is 0 Å². The quantitative estimate of drug-likeness (QED) is 0.738. The average Bonchev–Trinajstić information content (AvgIpc) is 2.85. The molecule has 0 atom stereocenters. The number of aromatic nitrogens is 3. The predicted molar refractivity (Wildman–Crippen MR) is 64.8 cm³/mol. The summed E-state index contributed by atoms with van der Waals surface area (Å²) in [5, 5.41) is 4.10. The lowest BCUT2D eigenvalue weighted by Gasteiger charge is -2.03. The Labute approximate surface area is 100 Å². The van der Waals surface area contributed by atoms with Crippen molar-refractivity contribution in [3.05, 3.63) is 48.0 Å². The van der Waals surface area contributed by atoms with E-state index in [2.05, 4.69) is 10.1 Å². The molecule has 0 fully saturated rings. The van der Waals surface area contributed by atoms with Crippen LogP contribution >= 0.6 is 0 Å². The molecule has 2 rings (SSSR count). The van der Waals surface area contributed by atoms with Gasteiger partial charge in [-0.25, -0.2) is 0 Å². The van der Waals surface area contributed by atoms with E-state index in [1.165, 1.54) is 0 Å². The summed E-state index contributed by atoms with van der Waals surface area (Å²) in [4.78, 5) is 15.9. The van der Waals surface area contributed by atoms with E-state index in [1.54, 1.807) is 29.3 Å². The van der Waals surface area contributed by atoms with Gasteiger partial charge in [-0.3, -0.25) is 14.5 Å². The van der Waals surface area contributed by atoms with Gasteiger partial charge in [0.2, 0.25) is 0 Å². The Balaban J connectivity index is 1.98. The molecule has 0 unspecified atom stereocenters. The first-order chi connectivity index (χ1) is 8.31. The molecule has 0 aromatic carbocycles. The second-order valence-corrected chi connectivity index (χ2v) is 3.81. The van der Waals surface area contributed by atoms with E-state index in [1.807, 2.05) is 19.1 Å². The Morgan fingerprint density at radius 3 is 2.71 bits per heavy atom. The maximum Gasteiger partial charge on any atom is 0.181 e. The van der Waals surface area contributed by atoms with Gasteiger partial charge in [-0.1, -0.05) is 0 Å². The lowest BCUT2D eigenvalue weighted by Crippen LogP contribution is -2.10. The second kappa shape index (κ2) is 5.39. The van der Waals surface area contributed by atoms with Gasteiger partial charge in [-0.05, 0) is 37.1 Å². The molecule has 2 aromatic heterocycles. The largest absolute Gasteiger partial charge is 0.292 e. The highest BCUT2D eigenvalue weighted by atomic mass is 16.1. The minimum absolute atomic E-state index is 0.140. The summed E-state index contributed by atoms with van der Waals surface area (Å²) >= 11 is 0. The summed E-state index contributed by atoms with van der Waals surface area (Å²) < 4.78 is 1.73. The van der Waals surface area contributed by atoms with Gasteiger partial charge in [0, 0.05) is 31.6 Å². The smallest absolute Gasteiger partial charge is 0.181 e. The van der Waals surface area contributed by atoms with Gasteiger partial charge in [0.05, 0.1) is 0 Å². The molecule has 0 aliphatic heterocycles. The molecule has 4 nitrogen and oxygen atoms in total. The van der Waals surface area contributed by atoms with Crippen LogP contribution in [0.25, 0.3) is 0 Å². The molecule has 17 heavy (non-hydrogen) atoms. The van der Waals surface area contributed by atoms with Gasteiger partial charge in [0.15, 0.2) is 5.78 Å². The highest BCUT2D eigenvalue weighted by molar-refractivity contribution is 5.94. The Morgan fingerprint density at radius 1 is 1.24 bits per heavy atom. The molecule has 88 valence electrons. The van der Waals surface area contributed by atoms with Crippen molar-refractivity contribution in [2.45, 2.75) is 26.3 Å². The molecule has 2 heterocycles. The molecule has 4 heteroatoms. The fraction of sp³-hybridized carbons (Fsp3) is 0.308. The summed E-state index contributed by atoms with van der Waals surface area (Å²) in [6, 6.07) is 5.65. The molecule has 0 saturated heterocycles. The highest BCUT2D eigenvalue weighted by Crippen LogP contribution is 2.07. The van der Waals surface area contributed by atoms with Crippen molar-refractivity contribution in [2.75, 3.05) is 0 Å². The monoisotopic (exact) mass is 229 g/mol. The molecule has 0 spiro atoms. The number of hydrogen-bond donors (Lipinski definition) is 0. The van der Waals surface area contributed by atoms with E-state index in [4.69, 9.17) is 0 Å². The van der Waals surface area contributed by atoms with E-state index < -0.39 is 0 Å². The maximum absolute atomic E-state index is 12.0. The van der Waals surface area contributed by atoms with Crippen molar-refractivity contribution in [2.24, 2.45) is 0 Å². The number of ketones is 1. The van der Waals surface area contributed by atoms with Gasteiger partial charge in [0.1, 0.15) is 5.69 Å². The SMILES string of the molecule is CCn1nccc1C(=O)CCc1ccncc1. The molecule has 0 amide bonds. The highest BCUT2D eigenvalue weighted by Gasteiger charge is 2.10. The van der Waals surface area contributed by atoms with Gasteiger partial charge in [-0.15, -0.1) is 0 Å². The van der Waals surface area contributed by atoms with Gasteiger partial charge in [0.25, 0.3) is 0 Å². The van der Waals surface area contributed by atoms with Crippen molar-refractivity contribution in [1.29, 1.82) is 0 Å². The van der Waals surface area contributed by atoms with Gasteiger partial charge < -0.3 is 0 Å². The van der Waals surface area contributed by atoms with E-state index >= 15 is 0 Å². The zero-order valence-corrected chi connectivity index (χ0v) is 9.84. The minimum atomic E-state index is 0.140. The van der Waals surface area contributed by atoms with Crippen LogP contribution in [-0.4, -0.2) is 20.5 Å². The lowest BCUT2D eigenvalue weighted by molar-refractivity contribution is 0.0972. The van der Waals surface area contributed by atoms with Gasteiger partial charge in [-0.2, -0.15) is 5.10 Å². The Kier molecular flexibility index (Phi) is 3.65. The maximum atomic E-state index is 12.0. The van der Waals surface area contributed by atoms with Crippen LogP contribution in [-0.2, 0) is 13.0 Å². The van der Waals surface area contributed by atoms with Gasteiger partial charge >= 0.3 is 0 Å². The zero-order chi connectivity index (χ0) is 12.1. The molecule has 0 aliphatic carbocycles. The number of pyridine rings is 1. The molecule has 0 aliphatic rings. The fourth-order valence-corrected chi connectivity index (χ4v) is 1.76. The Bertz CT molecular complexity index is 490. The number of rotatable bonds is 5. The fourth-order valence-electron chi connectivity index (χ4n) is 1.76. The van der Waals surface area contributed by atoms with Crippen molar-refractivity contribution in [1.82, 2.24) is 14.8 Å². The normalized spacial score (nSPS) is 10.4.